The number of fused-ring (bicyclic) bond motifs is 1. The molecule has 43 heavy (non-hydrogen) atoms. The summed E-state index contributed by atoms with van der Waals surface area (Å²) in [6.07, 6.45) is 4.63. The van der Waals surface area contributed by atoms with E-state index in [0.717, 1.165) is 16.0 Å². The van der Waals surface area contributed by atoms with Gasteiger partial charge in [-0.15, -0.1) is 0 Å². The monoisotopic (exact) mass is 589 g/mol. The molecular formula is C31H35N5O7. The van der Waals surface area contributed by atoms with Gasteiger partial charge in [-0.2, -0.15) is 5.10 Å². The summed E-state index contributed by atoms with van der Waals surface area (Å²) in [6, 6.07) is 7.11. The lowest BCUT2D eigenvalue weighted by Gasteiger charge is -2.44. The fourth-order valence-electron chi connectivity index (χ4n) is 5.59. The molecule has 0 radical (unpaired) electrons. The van der Waals surface area contributed by atoms with Gasteiger partial charge in [0.25, 0.3) is 11.8 Å². The second-order valence-corrected chi connectivity index (χ2v) is 10.7. The Morgan fingerprint density at radius 3 is 2.26 bits per heavy atom. The number of ketones is 1. The van der Waals surface area contributed by atoms with Crippen molar-refractivity contribution in [2.45, 2.75) is 38.7 Å². The van der Waals surface area contributed by atoms with E-state index in [0.29, 0.717) is 62.0 Å². The molecule has 3 aromatic rings. The van der Waals surface area contributed by atoms with Crippen LogP contribution >= 0.6 is 0 Å². The van der Waals surface area contributed by atoms with Gasteiger partial charge in [-0.25, -0.2) is 4.79 Å². The molecule has 2 aliphatic heterocycles. The number of benzene rings is 2. The van der Waals surface area contributed by atoms with Crippen molar-refractivity contribution in [3.05, 3.63) is 59.4 Å². The molecule has 226 valence electrons. The number of aryl methyl sites for hydroxylation is 1. The van der Waals surface area contributed by atoms with Crippen LogP contribution in [-0.4, -0.2) is 82.2 Å². The first-order chi connectivity index (χ1) is 20.6. The molecule has 1 spiro atoms. The molecular weight excluding hydrogens is 554 g/mol. The highest BCUT2D eigenvalue weighted by Crippen LogP contribution is 2.42. The number of aromatic nitrogens is 2. The zero-order chi connectivity index (χ0) is 30.9. The van der Waals surface area contributed by atoms with Crippen LogP contribution in [0.2, 0.25) is 0 Å². The Morgan fingerprint density at radius 1 is 1.05 bits per heavy atom. The van der Waals surface area contributed by atoms with Gasteiger partial charge in [0.15, 0.2) is 5.78 Å². The van der Waals surface area contributed by atoms with Crippen molar-refractivity contribution in [1.29, 1.82) is 0 Å². The van der Waals surface area contributed by atoms with Gasteiger partial charge >= 0.3 is 6.03 Å². The predicted octanol–water partition coefficient (Wildman–Crippen LogP) is 3.68. The van der Waals surface area contributed by atoms with E-state index in [4.69, 9.17) is 19.9 Å². The Balaban J connectivity index is 1.34. The quantitative estimate of drug-likeness (QED) is 0.439. The number of piperidine rings is 1. The summed E-state index contributed by atoms with van der Waals surface area (Å²) in [4.78, 5) is 53.4. The van der Waals surface area contributed by atoms with Crippen LogP contribution in [0.15, 0.2) is 42.7 Å². The summed E-state index contributed by atoms with van der Waals surface area (Å²) in [6.45, 7) is 5.36. The normalized spacial score (nSPS) is 15.4. The molecule has 1 aromatic heterocycles. The van der Waals surface area contributed by atoms with E-state index in [9.17, 15) is 19.2 Å². The SMILES string of the molecule is CCOc1cc(C(=O)N2CCC3(CC2)CC(=O)c2cc(C(=O)N(C)C(N)=O)ccc2O3)cc(OCC)c1-c1cnn(C)c1. The summed E-state index contributed by atoms with van der Waals surface area (Å²) in [5, 5.41) is 4.27. The van der Waals surface area contributed by atoms with Crippen molar-refractivity contribution in [2.24, 2.45) is 12.8 Å². The molecule has 0 bridgehead atoms. The largest absolute Gasteiger partial charge is 0.493 e. The van der Waals surface area contributed by atoms with Crippen molar-refractivity contribution >= 4 is 23.6 Å². The lowest BCUT2D eigenvalue weighted by Crippen LogP contribution is -2.52. The van der Waals surface area contributed by atoms with Gasteiger partial charge in [0.1, 0.15) is 22.8 Å². The van der Waals surface area contributed by atoms with E-state index in [2.05, 4.69) is 5.10 Å². The summed E-state index contributed by atoms with van der Waals surface area (Å²) < 4.78 is 20.0. The number of imide groups is 1. The maximum atomic E-state index is 13.7. The highest BCUT2D eigenvalue weighted by molar-refractivity contribution is 6.07. The van der Waals surface area contributed by atoms with Crippen LogP contribution in [0.1, 0.15) is 64.2 Å². The first kappa shape index (κ1) is 29.6. The Morgan fingerprint density at radius 2 is 1.70 bits per heavy atom. The number of likely N-dealkylation sites (tertiary alicyclic amines) is 1. The van der Waals surface area contributed by atoms with E-state index in [-0.39, 0.29) is 29.2 Å². The summed E-state index contributed by atoms with van der Waals surface area (Å²) in [5.41, 5.74) is 6.91. The second kappa shape index (κ2) is 11.8. The van der Waals surface area contributed by atoms with Crippen LogP contribution in [0, 0.1) is 0 Å². The van der Waals surface area contributed by atoms with Crippen LogP contribution in [0.3, 0.4) is 0 Å². The lowest BCUT2D eigenvalue weighted by molar-refractivity contribution is -0.00573. The first-order valence-electron chi connectivity index (χ1n) is 14.2. The third-order valence-electron chi connectivity index (χ3n) is 7.84. The Labute approximate surface area is 249 Å². The van der Waals surface area contributed by atoms with Crippen molar-refractivity contribution < 1.29 is 33.4 Å². The minimum atomic E-state index is -0.891. The average molecular weight is 590 g/mol. The molecule has 1 fully saturated rings. The van der Waals surface area contributed by atoms with Gasteiger partial charge in [0.2, 0.25) is 0 Å². The van der Waals surface area contributed by atoms with Gasteiger partial charge in [-0.3, -0.25) is 24.0 Å². The topological polar surface area (TPSA) is 146 Å². The molecule has 2 aromatic carbocycles. The van der Waals surface area contributed by atoms with Crippen molar-refractivity contribution in [3.8, 4) is 28.4 Å². The van der Waals surface area contributed by atoms with E-state index in [1.54, 1.807) is 34.0 Å². The van der Waals surface area contributed by atoms with E-state index >= 15 is 0 Å². The van der Waals surface area contributed by atoms with Crippen molar-refractivity contribution in [3.63, 3.8) is 0 Å². The number of hydrogen-bond donors (Lipinski definition) is 1. The number of ether oxygens (including phenoxy) is 3. The van der Waals surface area contributed by atoms with Gasteiger partial charge in [-0.05, 0) is 44.2 Å². The van der Waals surface area contributed by atoms with Crippen LogP contribution in [-0.2, 0) is 7.05 Å². The fraction of sp³-hybridized carbons (Fsp3) is 0.387. The standard InChI is InChI=1S/C31H35N5O7/c1-5-41-25-14-20(15-26(42-6-2)27(25)21-17-33-34(3)18-21)29(39)36-11-9-31(10-12-36)16-23(37)22-13-19(7-8-24(22)43-31)28(38)35(4)30(32)40/h7-8,13-15,17-18H,5-6,9-12,16H2,1-4H3,(H2,32,40). The number of amides is 4. The Bertz CT molecular complexity index is 1560. The number of carbonyl (C=O) groups excluding carboxylic acids is 4. The predicted molar refractivity (Wildman–Crippen MR) is 157 cm³/mol. The zero-order valence-corrected chi connectivity index (χ0v) is 24.7. The molecule has 3 heterocycles. The van der Waals surface area contributed by atoms with Gasteiger partial charge in [-0.1, -0.05) is 0 Å². The molecule has 2 N–H and O–H groups in total. The van der Waals surface area contributed by atoms with E-state index in [1.807, 2.05) is 27.1 Å². The number of Topliss-reactive ketones (excluding diaryl/α,β-unsaturated/α-hetero) is 1. The minimum Gasteiger partial charge on any atom is -0.493 e. The van der Waals surface area contributed by atoms with E-state index in [1.165, 1.54) is 19.2 Å². The second-order valence-electron chi connectivity index (χ2n) is 10.7. The summed E-state index contributed by atoms with van der Waals surface area (Å²) in [7, 11) is 3.11. The molecule has 0 atom stereocenters. The molecule has 5 rings (SSSR count). The average Bonchev–Trinajstić information content (AvgIpc) is 3.42. The van der Waals surface area contributed by atoms with Crippen molar-refractivity contribution in [1.82, 2.24) is 19.6 Å². The van der Waals surface area contributed by atoms with Crippen LogP contribution in [0.4, 0.5) is 4.79 Å². The van der Waals surface area contributed by atoms with Crippen LogP contribution < -0.4 is 19.9 Å². The molecule has 0 saturated carbocycles. The zero-order valence-electron chi connectivity index (χ0n) is 24.7. The summed E-state index contributed by atoms with van der Waals surface area (Å²) in [5.74, 6) is 0.517. The Hall–Kier alpha value is -4.87. The van der Waals surface area contributed by atoms with Gasteiger partial charge < -0.3 is 24.8 Å². The molecule has 4 amide bonds. The van der Waals surface area contributed by atoms with Gasteiger partial charge in [0.05, 0.1) is 37.0 Å². The van der Waals surface area contributed by atoms with Gasteiger partial charge in [0, 0.05) is 62.9 Å². The van der Waals surface area contributed by atoms with Crippen molar-refractivity contribution in [2.75, 3.05) is 33.4 Å². The molecule has 2 aliphatic rings. The summed E-state index contributed by atoms with van der Waals surface area (Å²) >= 11 is 0. The number of hydrogen-bond acceptors (Lipinski definition) is 8. The third-order valence-corrected chi connectivity index (χ3v) is 7.84. The molecule has 0 aliphatic carbocycles. The number of rotatable bonds is 7. The number of urea groups is 1. The maximum absolute atomic E-state index is 13.7. The van der Waals surface area contributed by atoms with Crippen LogP contribution in [0.25, 0.3) is 11.1 Å². The first-order valence-corrected chi connectivity index (χ1v) is 14.2. The minimum absolute atomic E-state index is 0.119. The highest BCUT2D eigenvalue weighted by Gasteiger charge is 2.44. The number of carbonyl (C=O) groups is 4. The number of nitrogens with two attached hydrogens (primary N) is 1. The smallest absolute Gasteiger partial charge is 0.321 e. The van der Waals surface area contributed by atoms with E-state index < -0.39 is 17.5 Å². The molecule has 12 heteroatoms. The maximum Gasteiger partial charge on any atom is 0.321 e. The third kappa shape index (κ3) is 5.77. The molecule has 12 nitrogen and oxygen atoms in total. The molecule has 0 unspecified atom stereocenters. The Kier molecular flexibility index (Phi) is 8.12. The number of primary amides is 1. The lowest BCUT2D eigenvalue weighted by atomic mass is 9.82. The highest BCUT2D eigenvalue weighted by atomic mass is 16.5. The fourth-order valence-corrected chi connectivity index (χ4v) is 5.59. The van der Waals surface area contributed by atoms with Crippen LogP contribution in [0.5, 0.6) is 17.2 Å². The number of nitrogens with zero attached hydrogens (tertiary/aromatic N) is 4. The molecule has 1 saturated heterocycles.